The van der Waals surface area contributed by atoms with Gasteiger partial charge in [-0.25, -0.2) is 0 Å². The summed E-state index contributed by atoms with van der Waals surface area (Å²) in [5, 5.41) is 2.58. The predicted molar refractivity (Wildman–Crippen MR) is 68.9 cm³/mol. The molecule has 98 valence electrons. The first-order valence-corrected chi connectivity index (χ1v) is 5.95. The number of rotatable bonds is 4. The van der Waals surface area contributed by atoms with Crippen molar-refractivity contribution < 1.29 is 9.59 Å². The molecule has 2 amide bonds. The minimum absolute atomic E-state index is 0.0324. The average molecular weight is 249 g/mol. The van der Waals surface area contributed by atoms with Crippen LogP contribution in [0.5, 0.6) is 0 Å². The molecule has 5 heteroatoms. The Hall–Kier alpha value is -1.91. The van der Waals surface area contributed by atoms with Gasteiger partial charge in [-0.15, -0.1) is 0 Å². The highest BCUT2D eigenvalue weighted by molar-refractivity contribution is 6.34. The molecule has 1 rings (SSSR count). The zero-order valence-corrected chi connectivity index (χ0v) is 11.0. The Morgan fingerprint density at radius 1 is 1.33 bits per heavy atom. The van der Waals surface area contributed by atoms with E-state index in [9.17, 15) is 9.59 Å². The van der Waals surface area contributed by atoms with E-state index < -0.39 is 11.8 Å². The molecule has 0 unspecified atom stereocenters. The summed E-state index contributed by atoms with van der Waals surface area (Å²) < 4.78 is 0. The summed E-state index contributed by atoms with van der Waals surface area (Å²) in [6, 6.07) is 3.76. The van der Waals surface area contributed by atoms with Gasteiger partial charge < -0.3 is 10.2 Å². The second-order valence-electron chi connectivity index (χ2n) is 4.46. The fourth-order valence-corrected chi connectivity index (χ4v) is 1.45. The predicted octanol–water partition coefficient (Wildman–Crippen LogP) is 0.607. The number of nitrogens with zero attached hydrogens (tertiary/aromatic N) is 2. The molecule has 0 atom stereocenters. The van der Waals surface area contributed by atoms with Gasteiger partial charge in [-0.1, -0.05) is 0 Å². The molecule has 0 aliphatic carbocycles. The average Bonchev–Trinajstić information content (AvgIpc) is 2.35. The first-order valence-electron chi connectivity index (χ1n) is 5.95. The lowest BCUT2D eigenvalue weighted by Crippen LogP contribution is -2.44. The minimum Gasteiger partial charge on any atom is -0.346 e. The number of nitrogens with one attached hydrogen (secondary N) is 1. The van der Waals surface area contributed by atoms with Crippen molar-refractivity contribution in [2.24, 2.45) is 0 Å². The third-order valence-corrected chi connectivity index (χ3v) is 2.45. The molecule has 1 aromatic rings. The lowest BCUT2D eigenvalue weighted by atomic mass is 10.2. The smallest absolute Gasteiger partial charge is 0.311 e. The molecule has 0 spiro atoms. The Morgan fingerprint density at radius 3 is 2.50 bits per heavy atom. The second kappa shape index (κ2) is 6.74. The van der Waals surface area contributed by atoms with Crippen LogP contribution in [0, 0.1) is 0 Å². The molecule has 0 saturated heterocycles. The summed E-state index contributed by atoms with van der Waals surface area (Å²) in [4.78, 5) is 28.5. The van der Waals surface area contributed by atoms with E-state index in [1.54, 1.807) is 19.4 Å². The maximum absolute atomic E-state index is 11.7. The van der Waals surface area contributed by atoms with Crippen molar-refractivity contribution in [2.45, 2.75) is 26.3 Å². The first-order chi connectivity index (χ1) is 8.50. The van der Waals surface area contributed by atoms with E-state index >= 15 is 0 Å². The number of carbonyl (C=O) groups excluding carboxylic acids is 2. The molecule has 0 aromatic carbocycles. The van der Waals surface area contributed by atoms with Crippen LogP contribution in [-0.4, -0.2) is 41.3 Å². The summed E-state index contributed by atoms with van der Waals surface area (Å²) >= 11 is 0. The van der Waals surface area contributed by atoms with Crippen LogP contribution in [0.2, 0.25) is 0 Å². The van der Waals surface area contributed by atoms with Gasteiger partial charge in [0.25, 0.3) is 0 Å². The van der Waals surface area contributed by atoms with E-state index in [-0.39, 0.29) is 6.04 Å². The zero-order chi connectivity index (χ0) is 13.5. The van der Waals surface area contributed by atoms with E-state index in [0.29, 0.717) is 13.0 Å². The molecule has 0 saturated carbocycles. The minimum atomic E-state index is -0.553. The molecule has 0 bridgehead atoms. The molecule has 1 aromatic heterocycles. The number of pyridine rings is 1. The Kier molecular flexibility index (Phi) is 5.30. The third kappa shape index (κ3) is 4.53. The summed E-state index contributed by atoms with van der Waals surface area (Å²) in [6.07, 6.45) is 4.13. The highest BCUT2D eigenvalue weighted by Gasteiger charge is 2.18. The highest BCUT2D eigenvalue weighted by Crippen LogP contribution is 1.99. The van der Waals surface area contributed by atoms with Gasteiger partial charge in [-0.05, 0) is 38.0 Å². The van der Waals surface area contributed by atoms with Crippen LogP contribution in [-0.2, 0) is 16.0 Å². The van der Waals surface area contributed by atoms with Crippen LogP contribution < -0.4 is 5.32 Å². The van der Waals surface area contributed by atoms with Crippen molar-refractivity contribution in [3.63, 3.8) is 0 Å². The number of hydrogen-bond donors (Lipinski definition) is 1. The summed E-state index contributed by atoms with van der Waals surface area (Å²) in [6.45, 7) is 4.15. The topological polar surface area (TPSA) is 62.3 Å². The molecule has 0 aliphatic rings. The number of likely N-dealkylation sites (N-methyl/N-ethyl adjacent to an activating group) is 1. The van der Waals surface area contributed by atoms with E-state index in [0.717, 1.165) is 5.56 Å². The molecule has 0 radical (unpaired) electrons. The largest absolute Gasteiger partial charge is 0.346 e. The van der Waals surface area contributed by atoms with Crippen molar-refractivity contribution in [3.05, 3.63) is 30.1 Å². The Balaban J connectivity index is 2.43. The Labute approximate surface area is 107 Å². The van der Waals surface area contributed by atoms with Crippen molar-refractivity contribution in [1.82, 2.24) is 15.2 Å². The Bertz CT molecular complexity index is 404. The molecule has 0 aliphatic heterocycles. The lowest BCUT2D eigenvalue weighted by Gasteiger charge is -2.17. The standard InChI is InChI=1S/C13H19N3O2/c1-10(2)15-12(17)13(18)16(3)9-6-11-4-7-14-8-5-11/h4-5,7-8,10H,6,9H2,1-3H3,(H,15,17). The van der Waals surface area contributed by atoms with Crippen LogP contribution in [0.4, 0.5) is 0 Å². The molecule has 5 nitrogen and oxygen atoms in total. The molecule has 1 N–H and O–H groups in total. The summed E-state index contributed by atoms with van der Waals surface area (Å²) in [7, 11) is 1.63. The molecule has 1 heterocycles. The fourth-order valence-electron chi connectivity index (χ4n) is 1.45. The van der Waals surface area contributed by atoms with E-state index in [4.69, 9.17) is 0 Å². The van der Waals surface area contributed by atoms with E-state index in [1.165, 1.54) is 4.90 Å². The van der Waals surface area contributed by atoms with Gasteiger partial charge in [0.05, 0.1) is 0 Å². The van der Waals surface area contributed by atoms with E-state index in [1.807, 2.05) is 26.0 Å². The van der Waals surface area contributed by atoms with Gasteiger partial charge in [0.2, 0.25) is 0 Å². The van der Waals surface area contributed by atoms with Crippen molar-refractivity contribution >= 4 is 11.8 Å². The Morgan fingerprint density at radius 2 is 1.94 bits per heavy atom. The third-order valence-electron chi connectivity index (χ3n) is 2.45. The van der Waals surface area contributed by atoms with Gasteiger partial charge in [-0.2, -0.15) is 0 Å². The van der Waals surface area contributed by atoms with Crippen LogP contribution in [0.3, 0.4) is 0 Å². The number of aromatic nitrogens is 1. The van der Waals surface area contributed by atoms with Gasteiger partial charge in [0.1, 0.15) is 0 Å². The maximum atomic E-state index is 11.7. The van der Waals surface area contributed by atoms with Gasteiger partial charge in [0, 0.05) is 32.0 Å². The van der Waals surface area contributed by atoms with Crippen molar-refractivity contribution in [1.29, 1.82) is 0 Å². The zero-order valence-electron chi connectivity index (χ0n) is 11.0. The van der Waals surface area contributed by atoms with Crippen LogP contribution in [0.25, 0.3) is 0 Å². The number of hydrogen-bond acceptors (Lipinski definition) is 3. The molecule has 0 fully saturated rings. The van der Waals surface area contributed by atoms with Gasteiger partial charge in [-0.3, -0.25) is 14.6 Å². The molecule has 18 heavy (non-hydrogen) atoms. The second-order valence-corrected chi connectivity index (χ2v) is 4.46. The quantitative estimate of drug-likeness (QED) is 0.795. The summed E-state index contributed by atoms with van der Waals surface area (Å²) in [5.74, 6) is -1.06. The number of amides is 2. The lowest BCUT2D eigenvalue weighted by molar-refractivity contribution is -0.145. The van der Waals surface area contributed by atoms with Crippen LogP contribution in [0.1, 0.15) is 19.4 Å². The van der Waals surface area contributed by atoms with Gasteiger partial charge >= 0.3 is 11.8 Å². The van der Waals surface area contributed by atoms with Crippen LogP contribution >= 0.6 is 0 Å². The highest BCUT2D eigenvalue weighted by atomic mass is 16.2. The first kappa shape index (κ1) is 14.2. The van der Waals surface area contributed by atoms with Gasteiger partial charge in [0.15, 0.2) is 0 Å². The normalized spacial score (nSPS) is 10.2. The fraction of sp³-hybridized carbons (Fsp3) is 0.462. The monoisotopic (exact) mass is 249 g/mol. The maximum Gasteiger partial charge on any atom is 0.311 e. The molecular weight excluding hydrogens is 230 g/mol. The van der Waals surface area contributed by atoms with Crippen molar-refractivity contribution in [2.75, 3.05) is 13.6 Å². The molecular formula is C13H19N3O2. The summed E-state index contributed by atoms with van der Waals surface area (Å²) in [5.41, 5.74) is 1.09. The van der Waals surface area contributed by atoms with E-state index in [2.05, 4.69) is 10.3 Å². The SMILES string of the molecule is CC(C)NC(=O)C(=O)N(C)CCc1ccncc1. The number of carbonyl (C=O) groups is 2. The van der Waals surface area contributed by atoms with Crippen molar-refractivity contribution in [3.8, 4) is 0 Å². The van der Waals surface area contributed by atoms with Crippen LogP contribution in [0.15, 0.2) is 24.5 Å².